The van der Waals surface area contributed by atoms with Crippen LogP contribution in [0.1, 0.15) is 32.6 Å². The maximum atomic E-state index is 14.1. The summed E-state index contributed by atoms with van der Waals surface area (Å²) in [7, 11) is 0. The van der Waals surface area contributed by atoms with Crippen LogP contribution in [0.2, 0.25) is 0 Å². The molecule has 6 rings (SSSR count). The zero-order valence-electron chi connectivity index (χ0n) is 16.8. The van der Waals surface area contributed by atoms with Crippen molar-refractivity contribution in [1.82, 2.24) is 9.97 Å². The van der Waals surface area contributed by atoms with E-state index >= 15 is 0 Å². The third-order valence-corrected chi connectivity index (χ3v) is 6.49. The highest BCUT2D eigenvalue weighted by molar-refractivity contribution is 6.19. The van der Waals surface area contributed by atoms with Crippen LogP contribution in [0.4, 0.5) is 5.69 Å². The zero-order valence-corrected chi connectivity index (χ0v) is 16.8. The van der Waals surface area contributed by atoms with Gasteiger partial charge < -0.3 is 15.3 Å². The molecule has 0 spiro atoms. The minimum Gasteiger partial charge on any atom is -0.365 e. The molecule has 0 atom stereocenters. The van der Waals surface area contributed by atoms with Crippen LogP contribution >= 0.6 is 0 Å². The summed E-state index contributed by atoms with van der Waals surface area (Å²) in [5, 5.41) is 5.76. The second-order valence-electron chi connectivity index (χ2n) is 8.15. The third kappa shape index (κ3) is 2.03. The molecule has 0 bridgehead atoms. The number of aryl methyl sites for hydroxylation is 2. The number of para-hydroxylation sites is 3. The summed E-state index contributed by atoms with van der Waals surface area (Å²) in [5.74, 6) is 0.0721. The molecule has 4 nitrogen and oxygen atoms in total. The van der Waals surface area contributed by atoms with Crippen LogP contribution in [-0.4, -0.2) is 15.8 Å². The Bertz CT molecular complexity index is 1390. The number of H-pyrrole nitrogens is 2. The largest absolute Gasteiger partial charge is 0.365 e. The Labute approximate surface area is 173 Å². The molecule has 3 aromatic carbocycles. The molecule has 0 fully saturated rings. The number of ketones is 1. The molecule has 2 aromatic heterocycles. The van der Waals surface area contributed by atoms with E-state index in [2.05, 4.69) is 65.5 Å². The number of nitrogens with one attached hydrogen (secondary N) is 3. The number of fused-ring (bicyclic) bond motifs is 3. The van der Waals surface area contributed by atoms with Crippen molar-refractivity contribution < 1.29 is 4.79 Å². The fourth-order valence-corrected chi connectivity index (χ4v) is 5.01. The highest BCUT2D eigenvalue weighted by Gasteiger charge is 2.50. The van der Waals surface area contributed by atoms with Gasteiger partial charge in [0.25, 0.3) is 0 Å². The molecule has 4 heteroatoms. The van der Waals surface area contributed by atoms with Gasteiger partial charge in [-0.2, -0.15) is 0 Å². The van der Waals surface area contributed by atoms with E-state index in [1.807, 2.05) is 36.7 Å². The van der Waals surface area contributed by atoms with Crippen molar-refractivity contribution in [2.45, 2.75) is 19.4 Å². The lowest BCUT2D eigenvalue weighted by Crippen LogP contribution is -2.39. The summed E-state index contributed by atoms with van der Waals surface area (Å²) >= 11 is 0. The monoisotopic (exact) mass is 391 g/mol. The number of anilines is 1. The first-order chi connectivity index (χ1) is 14.6. The summed E-state index contributed by atoms with van der Waals surface area (Å²) in [6.45, 7) is 4.17. The normalized spacial score (nSPS) is 14.9. The van der Waals surface area contributed by atoms with Gasteiger partial charge in [-0.3, -0.25) is 4.79 Å². The number of carbonyl (C=O) groups is 1. The molecule has 30 heavy (non-hydrogen) atoms. The summed E-state index contributed by atoms with van der Waals surface area (Å²) in [5.41, 5.74) is 6.93. The van der Waals surface area contributed by atoms with Crippen LogP contribution in [0, 0.1) is 13.8 Å². The number of carbonyl (C=O) groups excluding carboxylic acids is 1. The highest BCUT2D eigenvalue weighted by atomic mass is 16.1. The molecule has 0 radical (unpaired) electrons. The van der Waals surface area contributed by atoms with Gasteiger partial charge in [0.15, 0.2) is 11.3 Å². The molecule has 3 heterocycles. The Hall–Kier alpha value is -3.79. The SMILES string of the molecule is Cc1cccc2c(C3(c4c[nH]c5c(C)cccc45)Nc4ccccc4C3=O)c[nH]c12. The van der Waals surface area contributed by atoms with E-state index in [4.69, 9.17) is 0 Å². The van der Waals surface area contributed by atoms with Gasteiger partial charge >= 0.3 is 0 Å². The zero-order chi connectivity index (χ0) is 20.5. The smallest absolute Gasteiger partial charge is 0.199 e. The number of aromatic nitrogens is 2. The standard InChI is InChI=1S/C26H21N3O/c1-15-7-5-10-17-20(13-27-23(15)17)26(25(30)19-9-3-4-12-22(19)29-26)21-14-28-24-16(2)8-6-11-18(21)24/h3-14,27-29H,1-2H3. The lowest BCUT2D eigenvalue weighted by molar-refractivity contribution is 0.0942. The number of benzene rings is 3. The molecule has 0 saturated heterocycles. The fourth-order valence-electron chi connectivity index (χ4n) is 5.01. The van der Waals surface area contributed by atoms with Crippen LogP contribution in [0.3, 0.4) is 0 Å². The van der Waals surface area contributed by atoms with E-state index in [1.165, 1.54) is 0 Å². The Kier molecular flexibility index (Phi) is 3.34. The van der Waals surface area contributed by atoms with Crippen LogP contribution in [0.5, 0.6) is 0 Å². The quantitative estimate of drug-likeness (QED) is 0.355. The molecule has 1 aliphatic heterocycles. The first-order valence-electron chi connectivity index (χ1n) is 10.2. The summed E-state index contributed by atoms with van der Waals surface area (Å²) in [6, 6.07) is 20.2. The molecule has 0 amide bonds. The van der Waals surface area contributed by atoms with Crippen molar-refractivity contribution in [3.05, 3.63) is 101 Å². The third-order valence-electron chi connectivity index (χ3n) is 6.49. The van der Waals surface area contributed by atoms with E-state index in [9.17, 15) is 4.79 Å². The lowest BCUT2D eigenvalue weighted by Gasteiger charge is -2.29. The maximum Gasteiger partial charge on any atom is 0.199 e. The van der Waals surface area contributed by atoms with Gasteiger partial charge in [0.2, 0.25) is 0 Å². The highest BCUT2D eigenvalue weighted by Crippen LogP contribution is 2.48. The fraction of sp³-hybridized carbons (Fsp3) is 0.115. The van der Waals surface area contributed by atoms with Gasteiger partial charge in [0.1, 0.15) is 0 Å². The van der Waals surface area contributed by atoms with Gasteiger partial charge in [-0.05, 0) is 37.1 Å². The molecule has 3 N–H and O–H groups in total. The number of hydrogen-bond donors (Lipinski definition) is 3. The minimum absolute atomic E-state index is 0.0721. The molecular weight excluding hydrogens is 370 g/mol. The van der Waals surface area contributed by atoms with E-state index in [0.29, 0.717) is 0 Å². The summed E-state index contributed by atoms with van der Waals surface area (Å²) in [6.07, 6.45) is 3.98. The van der Waals surface area contributed by atoms with Gasteiger partial charge in [-0.1, -0.05) is 48.5 Å². The van der Waals surface area contributed by atoms with E-state index < -0.39 is 5.54 Å². The van der Waals surface area contributed by atoms with Crippen molar-refractivity contribution in [3.8, 4) is 0 Å². The molecule has 0 unspecified atom stereocenters. The Morgan fingerprint density at radius 3 is 1.83 bits per heavy atom. The predicted octanol–water partition coefficient (Wildman–Crippen LogP) is 5.82. The maximum absolute atomic E-state index is 14.1. The lowest BCUT2D eigenvalue weighted by atomic mass is 9.79. The summed E-state index contributed by atoms with van der Waals surface area (Å²) in [4.78, 5) is 20.9. The van der Waals surface area contributed by atoms with Crippen molar-refractivity contribution in [1.29, 1.82) is 0 Å². The van der Waals surface area contributed by atoms with E-state index in [1.54, 1.807) is 0 Å². The second-order valence-corrected chi connectivity index (χ2v) is 8.15. The van der Waals surface area contributed by atoms with Gasteiger partial charge in [0, 0.05) is 56.6 Å². The van der Waals surface area contributed by atoms with Gasteiger partial charge in [0.05, 0.1) is 0 Å². The second kappa shape index (κ2) is 5.86. The Balaban J connectivity index is 1.73. The van der Waals surface area contributed by atoms with Crippen LogP contribution in [-0.2, 0) is 5.54 Å². The average Bonchev–Trinajstić information content (AvgIpc) is 3.45. The number of hydrogen-bond acceptors (Lipinski definition) is 2. The first-order valence-corrected chi connectivity index (χ1v) is 10.2. The van der Waals surface area contributed by atoms with Crippen molar-refractivity contribution >= 4 is 33.3 Å². The van der Waals surface area contributed by atoms with Crippen LogP contribution in [0.15, 0.2) is 73.1 Å². The van der Waals surface area contributed by atoms with Gasteiger partial charge in [-0.25, -0.2) is 0 Å². The van der Waals surface area contributed by atoms with E-state index in [-0.39, 0.29) is 5.78 Å². The van der Waals surface area contributed by atoms with Crippen LogP contribution < -0.4 is 5.32 Å². The molecule has 146 valence electrons. The number of Topliss-reactive ketones (excluding diaryl/α,β-unsaturated/α-hetero) is 1. The molecule has 1 aliphatic rings. The number of aromatic amines is 2. The topological polar surface area (TPSA) is 60.7 Å². The van der Waals surface area contributed by atoms with Crippen LogP contribution in [0.25, 0.3) is 21.8 Å². The Morgan fingerprint density at radius 2 is 1.27 bits per heavy atom. The molecule has 0 saturated carbocycles. The van der Waals surface area contributed by atoms with Crippen molar-refractivity contribution in [3.63, 3.8) is 0 Å². The van der Waals surface area contributed by atoms with Crippen molar-refractivity contribution in [2.75, 3.05) is 5.32 Å². The van der Waals surface area contributed by atoms with E-state index in [0.717, 1.165) is 55.3 Å². The molecule has 0 aliphatic carbocycles. The summed E-state index contributed by atoms with van der Waals surface area (Å²) < 4.78 is 0. The number of rotatable bonds is 2. The Morgan fingerprint density at radius 1 is 0.700 bits per heavy atom. The minimum atomic E-state index is -0.998. The first kappa shape index (κ1) is 17.1. The van der Waals surface area contributed by atoms with Crippen molar-refractivity contribution in [2.24, 2.45) is 0 Å². The predicted molar refractivity (Wildman–Crippen MR) is 121 cm³/mol. The molecule has 5 aromatic rings. The molecular formula is C26H21N3O. The average molecular weight is 391 g/mol. The van der Waals surface area contributed by atoms with Gasteiger partial charge in [-0.15, -0.1) is 0 Å².